The van der Waals surface area contributed by atoms with Gasteiger partial charge in [-0.3, -0.25) is 4.79 Å². The number of allylic oxidation sites excluding steroid dienone is 5. The number of aliphatic hydroxyl groups is 1. The number of rotatable bonds is 6. The van der Waals surface area contributed by atoms with E-state index in [1.54, 1.807) is 6.92 Å². The first-order chi connectivity index (χ1) is 15.9. The molecule has 0 spiro atoms. The van der Waals surface area contributed by atoms with Crippen LogP contribution < -0.4 is 0 Å². The molecule has 0 saturated heterocycles. The number of hydrogen-bond donors (Lipinski definition) is 1. The molecule has 0 atom stereocenters. The van der Waals surface area contributed by atoms with Gasteiger partial charge < -0.3 is 5.11 Å². The zero-order valence-electron chi connectivity index (χ0n) is 22.9. The van der Waals surface area contributed by atoms with Crippen molar-refractivity contribution in [1.29, 1.82) is 0 Å². The van der Waals surface area contributed by atoms with Gasteiger partial charge >= 0.3 is 0 Å². The summed E-state index contributed by atoms with van der Waals surface area (Å²) in [6, 6.07) is 12.1. The van der Waals surface area contributed by atoms with E-state index in [9.17, 15) is 4.79 Å². The minimum Gasteiger partial charge on any atom is -0.400 e. The van der Waals surface area contributed by atoms with Crippen molar-refractivity contribution in [3.05, 3.63) is 103 Å². The Bertz CT molecular complexity index is 963. The SMILES string of the molecule is C=C(C)c1ccc(C(=C)C)c(C(=C)C)c1.C=C(C)c1ccc(C(=C)C)c(C(C)=O)c1.CC.CO. The molecule has 34 heavy (non-hydrogen) atoms. The second kappa shape index (κ2) is 16.4. The Balaban J connectivity index is 0. The van der Waals surface area contributed by atoms with Gasteiger partial charge in [0.1, 0.15) is 0 Å². The van der Waals surface area contributed by atoms with E-state index in [0.717, 1.165) is 57.2 Å². The predicted molar refractivity (Wildman–Crippen MR) is 156 cm³/mol. The maximum Gasteiger partial charge on any atom is 0.160 e. The maximum absolute atomic E-state index is 11.5. The van der Waals surface area contributed by atoms with Crippen LogP contribution in [0.5, 0.6) is 0 Å². The molecule has 0 radical (unpaired) electrons. The van der Waals surface area contributed by atoms with Crippen molar-refractivity contribution in [3.63, 3.8) is 0 Å². The Labute approximate surface area is 208 Å². The van der Waals surface area contributed by atoms with Gasteiger partial charge in [-0.25, -0.2) is 0 Å². The average molecular weight is 461 g/mol. The molecule has 1 N–H and O–H groups in total. The highest BCUT2D eigenvalue weighted by Gasteiger charge is 2.09. The van der Waals surface area contributed by atoms with Crippen molar-refractivity contribution >= 4 is 33.6 Å². The number of hydrogen-bond acceptors (Lipinski definition) is 2. The summed E-state index contributed by atoms with van der Waals surface area (Å²) in [4.78, 5) is 11.5. The molecule has 0 bridgehead atoms. The molecule has 0 unspecified atom stereocenters. The van der Waals surface area contributed by atoms with E-state index in [0.29, 0.717) is 0 Å². The number of aliphatic hydroxyl groups excluding tert-OH is 1. The van der Waals surface area contributed by atoms with Crippen molar-refractivity contribution < 1.29 is 9.90 Å². The third kappa shape index (κ3) is 10.1. The van der Waals surface area contributed by atoms with Crippen molar-refractivity contribution in [1.82, 2.24) is 0 Å². The summed E-state index contributed by atoms with van der Waals surface area (Å²) in [6.45, 7) is 35.1. The molecule has 0 aromatic heterocycles. The first kappa shape index (κ1) is 32.9. The summed E-state index contributed by atoms with van der Waals surface area (Å²) in [5.41, 5.74) is 11.2. The van der Waals surface area contributed by atoms with Crippen LogP contribution in [-0.4, -0.2) is 18.0 Å². The van der Waals surface area contributed by atoms with Crippen molar-refractivity contribution in [2.75, 3.05) is 7.11 Å². The molecule has 184 valence electrons. The Hall–Kier alpha value is -3.23. The Morgan fingerprint density at radius 3 is 1.09 bits per heavy atom. The number of Topliss-reactive ketones (excluding diaryl/α,β-unsaturated/α-hetero) is 1. The third-order valence-corrected chi connectivity index (χ3v) is 4.78. The van der Waals surface area contributed by atoms with E-state index in [4.69, 9.17) is 5.11 Å². The largest absolute Gasteiger partial charge is 0.400 e. The smallest absolute Gasteiger partial charge is 0.160 e. The van der Waals surface area contributed by atoms with Gasteiger partial charge in [0.05, 0.1) is 0 Å². The van der Waals surface area contributed by atoms with Gasteiger partial charge in [-0.15, -0.1) is 0 Å². The first-order valence-electron chi connectivity index (χ1n) is 11.4. The molecule has 0 aliphatic carbocycles. The Morgan fingerprint density at radius 2 is 0.824 bits per heavy atom. The quantitative estimate of drug-likeness (QED) is 0.436. The van der Waals surface area contributed by atoms with Gasteiger partial charge in [-0.1, -0.05) is 98.9 Å². The van der Waals surface area contributed by atoms with E-state index >= 15 is 0 Å². The fourth-order valence-electron chi connectivity index (χ4n) is 3.01. The standard InChI is InChI=1S/C15H18.C14H16O.C2H6.CH4O/c1-10(2)13-7-8-14(11(3)4)15(9-13)12(5)6;1-9(2)12-6-7-13(10(3)4)14(8-12)11(5)15;2*1-2/h7-9H,1,3,5H2,2,4,6H3;6-8H,1,3H2,2,4-5H3;1-2H3;2H,1H3. The van der Waals surface area contributed by atoms with Crippen LogP contribution in [0.15, 0.2) is 69.3 Å². The Morgan fingerprint density at radius 1 is 0.529 bits per heavy atom. The summed E-state index contributed by atoms with van der Waals surface area (Å²) < 4.78 is 0. The van der Waals surface area contributed by atoms with E-state index < -0.39 is 0 Å². The van der Waals surface area contributed by atoms with Crippen LogP contribution in [-0.2, 0) is 0 Å². The number of carbonyl (C=O) groups is 1. The van der Waals surface area contributed by atoms with Crippen LogP contribution in [0.2, 0.25) is 0 Å². The molecule has 0 amide bonds. The highest BCUT2D eigenvalue weighted by Crippen LogP contribution is 2.27. The third-order valence-electron chi connectivity index (χ3n) is 4.78. The lowest BCUT2D eigenvalue weighted by Crippen LogP contribution is -1.99. The minimum atomic E-state index is 0.0658. The lowest BCUT2D eigenvalue weighted by Gasteiger charge is -2.11. The maximum atomic E-state index is 11.5. The normalized spacial score (nSPS) is 9.00. The molecule has 0 aliphatic rings. The van der Waals surface area contributed by atoms with Crippen LogP contribution in [0.3, 0.4) is 0 Å². The summed E-state index contributed by atoms with van der Waals surface area (Å²) in [5.74, 6) is 0.0658. The van der Waals surface area contributed by atoms with Crippen LogP contribution in [0.4, 0.5) is 0 Å². The number of carbonyl (C=O) groups excluding carboxylic acids is 1. The number of benzene rings is 2. The zero-order valence-corrected chi connectivity index (χ0v) is 22.9. The molecular weight excluding hydrogens is 416 g/mol. The summed E-state index contributed by atoms with van der Waals surface area (Å²) in [7, 11) is 1.00. The second-order valence-corrected chi connectivity index (χ2v) is 7.98. The minimum absolute atomic E-state index is 0.0658. The van der Waals surface area contributed by atoms with E-state index in [2.05, 4.69) is 51.1 Å². The summed E-state index contributed by atoms with van der Waals surface area (Å²) in [5, 5.41) is 7.00. The van der Waals surface area contributed by atoms with Gasteiger partial charge in [0.15, 0.2) is 5.78 Å². The fraction of sp³-hybridized carbons (Fsp3) is 0.281. The molecule has 0 aliphatic heterocycles. The molecule has 2 aromatic carbocycles. The van der Waals surface area contributed by atoms with Gasteiger partial charge in [0.25, 0.3) is 0 Å². The second-order valence-electron chi connectivity index (χ2n) is 7.98. The molecule has 2 aromatic rings. The van der Waals surface area contributed by atoms with Crippen LogP contribution >= 0.6 is 0 Å². The molecule has 0 saturated carbocycles. The molecule has 2 heteroatoms. The topological polar surface area (TPSA) is 37.3 Å². The van der Waals surface area contributed by atoms with Crippen LogP contribution in [0.25, 0.3) is 27.9 Å². The van der Waals surface area contributed by atoms with Gasteiger partial charge in [-0.05, 0) is 81.5 Å². The molecule has 0 heterocycles. The van der Waals surface area contributed by atoms with Gasteiger partial charge in [0.2, 0.25) is 0 Å². The van der Waals surface area contributed by atoms with Crippen molar-refractivity contribution in [2.24, 2.45) is 0 Å². The van der Waals surface area contributed by atoms with Crippen LogP contribution in [0.1, 0.15) is 93.6 Å². The van der Waals surface area contributed by atoms with Crippen molar-refractivity contribution in [2.45, 2.75) is 55.4 Å². The van der Waals surface area contributed by atoms with Crippen molar-refractivity contribution in [3.8, 4) is 0 Å². The first-order valence-corrected chi connectivity index (χ1v) is 11.4. The van der Waals surface area contributed by atoms with E-state index in [1.807, 2.05) is 66.7 Å². The van der Waals surface area contributed by atoms with Gasteiger partial charge in [0, 0.05) is 12.7 Å². The predicted octanol–water partition coefficient (Wildman–Crippen LogP) is 9.38. The average Bonchev–Trinajstić information content (AvgIpc) is 2.80. The van der Waals surface area contributed by atoms with Crippen LogP contribution in [0, 0.1) is 0 Å². The highest BCUT2D eigenvalue weighted by atomic mass is 16.2. The lowest BCUT2D eigenvalue weighted by atomic mass is 9.93. The zero-order chi connectivity index (χ0) is 27.2. The fourth-order valence-corrected chi connectivity index (χ4v) is 3.01. The lowest BCUT2D eigenvalue weighted by molar-refractivity contribution is 0.101. The Kier molecular flexibility index (Phi) is 15.9. The molecule has 0 fully saturated rings. The van der Waals surface area contributed by atoms with Gasteiger partial charge in [-0.2, -0.15) is 0 Å². The molecule has 2 nitrogen and oxygen atoms in total. The van der Waals surface area contributed by atoms with E-state index in [1.165, 1.54) is 11.1 Å². The number of ketones is 1. The summed E-state index contributed by atoms with van der Waals surface area (Å²) in [6.07, 6.45) is 0. The molecular formula is C32H44O2. The van der Waals surface area contributed by atoms with E-state index in [-0.39, 0.29) is 5.78 Å². The summed E-state index contributed by atoms with van der Waals surface area (Å²) >= 11 is 0. The monoisotopic (exact) mass is 460 g/mol. The highest BCUT2D eigenvalue weighted by molar-refractivity contribution is 5.99. The molecule has 2 rings (SSSR count).